The number of aryl methyl sites for hydroxylation is 1. The number of para-hydroxylation sites is 1. The van der Waals surface area contributed by atoms with Gasteiger partial charge in [0.2, 0.25) is 5.91 Å². The van der Waals surface area contributed by atoms with Crippen LogP contribution in [0.2, 0.25) is 0 Å². The first-order valence-corrected chi connectivity index (χ1v) is 9.14. The summed E-state index contributed by atoms with van der Waals surface area (Å²) in [5, 5.41) is 11.3. The largest absolute Gasteiger partial charge is 0.330 e. The number of benzene rings is 1. The normalized spacial score (nSPS) is 16.6. The molecular formula is C19H27N5O. The van der Waals surface area contributed by atoms with Crippen molar-refractivity contribution in [3.63, 3.8) is 0 Å². The Balaban J connectivity index is 1.78. The zero-order chi connectivity index (χ0) is 17.7. The average Bonchev–Trinajstić information content (AvgIpc) is 3.11. The van der Waals surface area contributed by atoms with Gasteiger partial charge in [-0.1, -0.05) is 31.4 Å². The monoisotopic (exact) mass is 341 g/mol. The lowest BCUT2D eigenvalue weighted by molar-refractivity contribution is -0.118. The molecule has 0 spiro atoms. The molecule has 1 aliphatic rings. The Kier molecular flexibility index (Phi) is 5.48. The van der Waals surface area contributed by atoms with Crippen molar-refractivity contribution in [3.8, 4) is 11.4 Å². The van der Waals surface area contributed by atoms with Gasteiger partial charge in [-0.15, -0.1) is 10.2 Å². The maximum atomic E-state index is 12.7. The van der Waals surface area contributed by atoms with Crippen molar-refractivity contribution in [2.24, 2.45) is 11.1 Å². The van der Waals surface area contributed by atoms with E-state index in [0.717, 1.165) is 36.5 Å². The Bertz CT molecular complexity index is 718. The van der Waals surface area contributed by atoms with Crippen molar-refractivity contribution < 1.29 is 4.79 Å². The van der Waals surface area contributed by atoms with Gasteiger partial charge in [0.05, 0.1) is 5.69 Å². The van der Waals surface area contributed by atoms with Crippen LogP contribution in [0.15, 0.2) is 30.6 Å². The summed E-state index contributed by atoms with van der Waals surface area (Å²) in [7, 11) is 0. The maximum Gasteiger partial charge on any atom is 0.224 e. The third-order valence-corrected chi connectivity index (χ3v) is 5.28. The predicted octanol–water partition coefficient (Wildman–Crippen LogP) is 3.20. The zero-order valence-electron chi connectivity index (χ0n) is 14.9. The number of amides is 1. The van der Waals surface area contributed by atoms with Crippen LogP contribution >= 0.6 is 0 Å². The van der Waals surface area contributed by atoms with Gasteiger partial charge in [0, 0.05) is 18.5 Å². The minimum absolute atomic E-state index is 0.0300. The quantitative estimate of drug-likeness (QED) is 0.845. The van der Waals surface area contributed by atoms with Crippen LogP contribution in [0.5, 0.6) is 0 Å². The predicted molar refractivity (Wildman–Crippen MR) is 99.0 cm³/mol. The number of anilines is 1. The molecule has 1 aromatic carbocycles. The molecule has 1 saturated carbocycles. The molecule has 0 bridgehead atoms. The molecule has 0 unspecified atom stereocenters. The second-order valence-corrected chi connectivity index (χ2v) is 6.98. The Hall–Kier alpha value is -2.21. The van der Waals surface area contributed by atoms with Gasteiger partial charge >= 0.3 is 0 Å². The van der Waals surface area contributed by atoms with E-state index in [1.165, 1.54) is 19.3 Å². The van der Waals surface area contributed by atoms with Crippen LogP contribution in [0.4, 0.5) is 5.69 Å². The van der Waals surface area contributed by atoms with Crippen LogP contribution in [0.1, 0.15) is 45.4 Å². The van der Waals surface area contributed by atoms with Crippen LogP contribution < -0.4 is 11.1 Å². The van der Waals surface area contributed by atoms with E-state index in [0.29, 0.717) is 13.0 Å². The van der Waals surface area contributed by atoms with E-state index in [4.69, 9.17) is 5.73 Å². The van der Waals surface area contributed by atoms with Crippen molar-refractivity contribution in [1.29, 1.82) is 0 Å². The molecule has 0 atom stereocenters. The molecule has 0 aliphatic heterocycles. The zero-order valence-corrected chi connectivity index (χ0v) is 14.9. The minimum atomic E-state index is -0.0410. The molecule has 0 radical (unpaired) electrons. The summed E-state index contributed by atoms with van der Waals surface area (Å²) < 4.78 is 1.97. The van der Waals surface area contributed by atoms with Crippen LogP contribution in [0.3, 0.4) is 0 Å². The summed E-state index contributed by atoms with van der Waals surface area (Å²) in [6.45, 7) is 3.40. The van der Waals surface area contributed by atoms with Crippen LogP contribution in [-0.2, 0) is 11.3 Å². The summed E-state index contributed by atoms with van der Waals surface area (Å²) in [6.07, 6.45) is 7.86. The number of nitrogens with one attached hydrogen (secondary N) is 1. The van der Waals surface area contributed by atoms with Crippen molar-refractivity contribution >= 4 is 11.6 Å². The van der Waals surface area contributed by atoms with Gasteiger partial charge in [-0.05, 0) is 43.9 Å². The molecular weight excluding hydrogens is 314 g/mol. The Morgan fingerprint density at radius 3 is 2.76 bits per heavy atom. The molecule has 134 valence electrons. The van der Waals surface area contributed by atoms with Gasteiger partial charge in [0.25, 0.3) is 0 Å². The molecule has 25 heavy (non-hydrogen) atoms. The number of rotatable bonds is 6. The highest BCUT2D eigenvalue weighted by Gasteiger charge is 2.33. The lowest BCUT2D eigenvalue weighted by Crippen LogP contribution is -2.36. The highest BCUT2D eigenvalue weighted by atomic mass is 16.1. The summed E-state index contributed by atoms with van der Waals surface area (Å²) in [6, 6.07) is 7.75. The van der Waals surface area contributed by atoms with Gasteiger partial charge in [0.15, 0.2) is 5.82 Å². The third-order valence-electron chi connectivity index (χ3n) is 5.28. The number of hydrogen-bond acceptors (Lipinski definition) is 4. The topological polar surface area (TPSA) is 85.8 Å². The lowest BCUT2D eigenvalue weighted by atomic mass is 9.71. The van der Waals surface area contributed by atoms with Crippen molar-refractivity contribution in [2.45, 2.75) is 52.0 Å². The first-order chi connectivity index (χ1) is 12.2. The first-order valence-electron chi connectivity index (χ1n) is 9.14. The fraction of sp³-hybridized carbons (Fsp3) is 0.526. The van der Waals surface area contributed by atoms with Gasteiger partial charge in [-0.2, -0.15) is 0 Å². The lowest BCUT2D eigenvalue weighted by Gasteiger charge is -2.35. The number of aromatic nitrogens is 3. The molecule has 3 rings (SSSR count). The number of hydrogen-bond donors (Lipinski definition) is 2. The standard InChI is InChI=1S/C19H27N5O/c1-2-24-14-21-23-18(24)15-8-4-5-9-16(15)22-17(25)12-19(13-20)10-6-3-7-11-19/h4-5,8-9,14H,2-3,6-7,10-13,20H2,1H3,(H,22,25). The fourth-order valence-corrected chi connectivity index (χ4v) is 3.77. The molecule has 6 heteroatoms. The highest BCUT2D eigenvalue weighted by molar-refractivity contribution is 5.95. The molecule has 1 aliphatic carbocycles. The van der Waals surface area contributed by atoms with Crippen LogP contribution in [-0.4, -0.2) is 27.2 Å². The molecule has 6 nitrogen and oxygen atoms in total. The Morgan fingerprint density at radius 1 is 1.28 bits per heavy atom. The molecule has 1 amide bonds. The van der Waals surface area contributed by atoms with Crippen molar-refractivity contribution in [2.75, 3.05) is 11.9 Å². The van der Waals surface area contributed by atoms with Gasteiger partial charge in [-0.25, -0.2) is 0 Å². The number of nitrogens with zero attached hydrogens (tertiary/aromatic N) is 3. The van der Waals surface area contributed by atoms with E-state index < -0.39 is 0 Å². The average molecular weight is 341 g/mol. The van der Waals surface area contributed by atoms with E-state index in [2.05, 4.69) is 15.5 Å². The Morgan fingerprint density at radius 2 is 2.04 bits per heavy atom. The molecule has 3 N–H and O–H groups in total. The first kappa shape index (κ1) is 17.6. The summed E-state index contributed by atoms with van der Waals surface area (Å²) in [4.78, 5) is 12.7. The SMILES string of the molecule is CCn1cnnc1-c1ccccc1NC(=O)CC1(CN)CCCCC1. The number of carbonyl (C=O) groups is 1. The smallest absolute Gasteiger partial charge is 0.224 e. The van der Waals surface area contributed by atoms with Crippen molar-refractivity contribution in [3.05, 3.63) is 30.6 Å². The second kappa shape index (κ2) is 7.78. The van der Waals surface area contributed by atoms with E-state index >= 15 is 0 Å². The Labute approximate surface area is 148 Å². The number of carbonyl (C=O) groups excluding carboxylic acids is 1. The van der Waals surface area contributed by atoms with Gasteiger partial charge < -0.3 is 15.6 Å². The fourth-order valence-electron chi connectivity index (χ4n) is 3.77. The minimum Gasteiger partial charge on any atom is -0.330 e. The van der Waals surface area contributed by atoms with E-state index in [1.54, 1.807) is 6.33 Å². The molecule has 1 heterocycles. The third kappa shape index (κ3) is 3.90. The van der Waals surface area contributed by atoms with E-state index in [-0.39, 0.29) is 11.3 Å². The summed E-state index contributed by atoms with van der Waals surface area (Å²) in [5.74, 6) is 0.798. The maximum absolute atomic E-state index is 12.7. The second-order valence-electron chi connectivity index (χ2n) is 6.98. The summed E-state index contributed by atoms with van der Waals surface area (Å²) >= 11 is 0. The van der Waals surface area contributed by atoms with Gasteiger partial charge in [0.1, 0.15) is 6.33 Å². The molecule has 2 aromatic rings. The van der Waals surface area contributed by atoms with E-state index in [9.17, 15) is 4.79 Å². The highest BCUT2D eigenvalue weighted by Crippen LogP contribution is 2.38. The van der Waals surface area contributed by atoms with Crippen LogP contribution in [0.25, 0.3) is 11.4 Å². The molecule has 1 aromatic heterocycles. The molecule has 0 saturated heterocycles. The summed E-state index contributed by atoms with van der Waals surface area (Å²) in [5.41, 5.74) is 7.65. The van der Waals surface area contributed by atoms with Crippen LogP contribution in [0, 0.1) is 5.41 Å². The van der Waals surface area contributed by atoms with E-state index in [1.807, 2.05) is 35.8 Å². The molecule has 1 fully saturated rings. The van der Waals surface area contributed by atoms with Crippen molar-refractivity contribution in [1.82, 2.24) is 14.8 Å². The van der Waals surface area contributed by atoms with Gasteiger partial charge in [-0.3, -0.25) is 4.79 Å². The number of nitrogens with two attached hydrogens (primary N) is 1.